The molecule has 4 atom stereocenters. The topological polar surface area (TPSA) is 92.6 Å². The molecule has 2 amide bonds. The fourth-order valence-corrected chi connectivity index (χ4v) is 5.56. The molecule has 7 nitrogen and oxygen atoms in total. The van der Waals surface area contributed by atoms with Gasteiger partial charge < -0.3 is 5.32 Å². The van der Waals surface area contributed by atoms with Crippen LogP contribution in [-0.2, 0) is 9.59 Å². The number of benzene rings is 1. The van der Waals surface area contributed by atoms with Gasteiger partial charge in [-0.05, 0) is 43.2 Å². The van der Waals surface area contributed by atoms with Gasteiger partial charge in [-0.15, -0.1) is 0 Å². The highest BCUT2D eigenvalue weighted by Crippen LogP contribution is 2.53. The van der Waals surface area contributed by atoms with Crippen molar-refractivity contribution in [2.45, 2.75) is 44.6 Å². The third-order valence-electron chi connectivity index (χ3n) is 6.87. The molecule has 1 aromatic rings. The van der Waals surface area contributed by atoms with Gasteiger partial charge in [0.15, 0.2) is 0 Å². The fourth-order valence-electron chi connectivity index (χ4n) is 5.56. The third-order valence-corrected chi connectivity index (χ3v) is 6.87. The number of rotatable bonds is 4. The van der Waals surface area contributed by atoms with Gasteiger partial charge in [0.1, 0.15) is 5.69 Å². The molecule has 4 aliphatic rings. The summed E-state index contributed by atoms with van der Waals surface area (Å²) in [5, 5.41) is 15.0. The summed E-state index contributed by atoms with van der Waals surface area (Å²) in [6, 6.07) is 4.90. The van der Waals surface area contributed by atoms with Gasteiger partial charge in [0.2, 0.25) is 11.8 Å². The Hall–Kier alpha value is -2.70. The summed E-state index contributed by atoms with van der Waals surface area (Å²) in [5.74, 6) is -0.788. The first-order valence-corrected chi connectivity index (χ1v) is 10.2. The van der Waals surface area contributed by atoms with Crippen molar-refractivity contribution in [1.29, 1.82) is 0 Å². The Kier molecular flexibility index (Phi) is 4.00. The summed E-state index contributed by atoms with van der Waals surface area (Å²) in [7, 11) is 0. The zero-order valence-corrected chi connectivity index (χ0v) is 15.5. The number of allylic oxidation sites excluding steroid dienone is 2. The summed E-state index contributed by atoms with van der Waals surface area (Å²) in [6.07, 6.45) is 10.4. The first-order valence-electron chi connectivity index (χ1n) is 10.2. The molecule has 3 fully saturated rings. The lowest BCUT2D eigenvalue weighted by Crippen LogP contribution is -2.33. The second kappa shape index (κ2) is 6.43. The Morgan fingerprint density at radius 1 is 1.00 bits per heavy atom. The van der Waals surface area contributed by atoms with E-state index in [0.29, 0.717) is 11.4 Å². The number of fused-ring (bicyclic) bond motifs is 5. The summed E-state index contributed by atoms with van der Waals surface area (Å²) < 4.78 is 0. The summed E-state index contributed by atoms with van der Waals surface area (Å²) in [6.45, 7) is 0. The summed E-state index contributed by atoms with van der Waals surface area (Å²) in [5.41, 5.74) is 0.688. The number of nitro groups is 1. The van der Waals surface area contributed by atoms with Crippen LogP contribution in [0, 0.1) is 33.8 Å². The second-order valence-electron chi connectivity index (χ2n) is 8.45. The van der Waals surface area contributed by atoms with Gasteiger partial charge in [-0.2, -0.15) is 0 Å². The number of carbonyl (C=O) groups excluding carboxylic acids is 2. The molecule has 0 spiro atoms. The lowest BCUT2D eigenvalue weighted by Gasteiger charge is -2.24. The van der Waals surface area contributed by atoms with E-state index in [1.54, 1.807) is 12.1 Å². The zero-order chi connectivity index (χ0) is 19.4. The van der Waals surface area contributed by atoms with Gasteiger partial charge in [-0.1, -0.05) is 31.4 Å². The Bertz CT molecular complexity index is 860. The molecule has 146 valence electrons. The number of nitrogens with zero attached hydrogens (tertiary/aromatic N) is 2. The molecule has 0 aromatic heterocycles. The average Bonchev–Trinajstić information content (AvgIpc) is 3.37. The summed E-state index contributed by atoms with van der Waals surface area (Å²) >= 11 is 0. The van der Waals surface area contributed by atoms with Crippen LogP contribution in [0.2, 0.25) is 0 Å². The van der Waals surface area contributed by atoms with Gasteiger partial charge in [0.05, 0.1) is 22.4 Å². The van der Waals surface area contributed by atoms with Crippen molar-refractivity contribution < 1.29 is 14.5 Å². The molecule has 1 N–H and O–H groups in total. The maximum absolute atomic E-state index is 13.0. The molecule has 1 heterocycles. The number of anilines is 2. The van der Waals surface area contributed by atoms with Crippen LogP contribution in [0.25, 0.3) is 0 Å². The zero-order valence-electron chi connectivity index (χ0n) is 15.5. The molecule has 0 radical (unpaired) electrons. The summed E-state index contributed by atoms with van der Waals surface area (Å²) in [4.78, 5) is 38.3. The minimum absolute atomic E-state index is 0.0816. The quantitative estimate of drug-likeness (QED) is 0.372. The molecule has 4 unspecified atom stereocenters. The Morgan fingerprint density at radius 3 is 2.25 bits per heavy atom. The number of imide groups is 1. The highest BCUT2D eigenvalue weighted by Gasteiger charge is 2.59. The van der Waals surface area contributed by atoms with E-state index < -0.39 is 4.92 Å². The number of carbonyl (C=O) groups is 2. The Morgan fingerprint density at radius 2 is 1.64 bits per heavy atom. The molecule has 28 heavy (non-hydrogen) atoms. The standard InChI is InChI=1S/C21H23N3O4/c25-20-18-12-6-7-13(10-12)19(18)21(26)23(20)15-8-9-16(17(11-15)24(27)28)22-14-4-2-1-3-5-14/h6-9,11-14,18-19,22H,1-5,10H2. The van der Waals surface area contributed by atoms with Crippen LogP contribution < -0.4 is 10.2 Å². The van der Waals surface area contributed by atoms with Gasteiger partial charge in [0.25, 0.3) is 5.69 Å². The highest BCUT2D eigenvalue weighted by molar-refractivity contribution is 6.23. The van der Waals surface area contributed by atoms with E-state index in [4.69, 9.17) is 0 Å². The minimum atomic E-state index is -0.439. The van der Waals surface area contributed by atoms with E-state index in [1.807, 2.05) is 12.2 Å². The van der Waals surface area contributed by atoms with Crippen LogP contribution >= 0.6 is 0 Å². The van der Waals surface area contributed by atoms with Crippen molar-refractivity contribution >= 4 is 28.9 Å². The van der Waals surface area contributed by atoms with Crippen molar-refractivity contribution in [2.75, 3.05) is 10.2 Å². The molecule has 1 aliphatic heterocycles. The number of nitrogens with one attached hydrogen (secondary N) is 1. The Labute approximate surface area is 162 Å². The predicted molar refractivity (Wildman–Crippen MR) is 104 cm³/mol. The first-order chi connectivity index (χ1) is 13.5. The number of amides is 2. The van der Waals surface area contributed by atoms with E-state index in [1.165, 1.54) is 17.4 Å². The second-order valence-corrected chi connectivity index (χ2v) is 8.45. The number of nitro benzene ring substituents is 1. The number of hydrogen-bond donors (Lipinski definition) is 1. The molecular formula is C21H23N3O4. The van der Waals surface area contributed by atoms with E-state index >= 15 is 0 Å². The third kappa shape index (κ3) is 2.56. The molecule has 5 rings (SSSR count). The normalized spacial score (nSPS) is 31.5. The van der Waals surface area contributed by atoms with Crippen LogP contribution in [0.5, 0.6) is 0 Å². The van der Waals surface area contributed by atoms with Crippen molar-refractivity contribution in [3.63, 3.8) is 0 Å². The van der Waals surface area contributed by atoms with Crippen molar-refractivity contribution in [3.8, 4) is 0 Å². The van der Waals surface area contributed by atoms with Gasteiger partial charge >= 0.3 is 0 Å². The van der Waals surface area contributed by atoms with Crippen molar-refractivity contribution in [1.82, 2.24) is 0 Å². The molecule has 2 bridgehead atoms. The van der Waals surface area contributed by atoms with E-state index in [9.17, 15) is 19.7 Å². The van der Waals surface area contributed by atoms with Crippen molar-refractivity contribution in [3.05, 3.63) is 40.5 Å². The SMILES string of the molecule is O=C1C2C3C=CC(C3)C2C(=O)N1c1ccc(NC2CCCCC2)c([N+](=O)[O-])c1. The Balaban J connectivity index is 1.44. The van der Waals surface area contributed by atoms with Crippen LogP contribution in [0.3, 0.4) is 0 Å². The fraction of sp³-hybridized carbons (Fsp3) is 0.524. The molecular weight excluding hydrogens is 358 g/mol. The molecule has 1 aromatic carbocycles. The van der Waals surface area contributed by atoms with Gasteiger partial charge in [0, 0.05) is 12.1 Å². The van der Waals surface area contributed by atoms with Crippen molar-refractivity contribution in [2.24, 2.45) is 23.7 Å². The van der Waals surface area contributed by atoms with Gasteiger partial charge in [-0.25, -0.2) is 4.90 Å². The van der Waals surface area contributed by atoms with E-state index in [0.717, 1.165) is 32.1 Å². The van der Waals surface area contributed by atoms with Gasteiger partial charge in [-0.3, -0.25) is 19.7 Å². The van der Waals surface area contributed by atoms with Crippen LogP contribution in [-0.4, -0.2) is 22.8 Å². The smallest absolute Gasteiger partial charge is 0.294 e. The molecule has 2 saturated carbocycles. The van der Waals surface area contributed by atoms with Crippen LogP contribution in [0.1, 0.15) is 38.5 Å². The monoisotopic (exact) mass is 381 g/mol. The first kappa shape index (κ1) is 17.4. The molecule has 7 heteroatoms. The largest absolute Gasteiger partial charge is 0.377 e. The number of hydrogen-bond acceptors (Lipinski definition) is 5. The van der Waals surface area contributed by atoms with Crippen LogP contribution in [0.4, 0.5) is 17.1 Å². The lowest BCUT2D eigenvalue weighted by atomic mass is 9.85. The van der Waals surface area contributed by atoms with E-state index in [2.05, 4.69) is 5.32 Å². The van der Waals surface area contributed by atoms with Crippen LogP contribution in [0.15, 0.2) is 30.4 Å². The molecule has 1 saturated heterocycles. The maximum Gasteiger partial charge on any atom is 0.294 e. The highest BCUT2D eigenvalue weighted by atomic mass is 16.6. The van der Waals surface area contributed by atoms with E-state index in [-0.39, 0.29) is 47.2 Å². The minimum Gasteiger partial charge on any atom is -0.377 e. The average molecular weight is 381 g/mol. The predicted octanol–water partition coefficient (Wildman–Crippen LogP) is 3.65. The molecule has 3 aliphatic carbocycles. The lowest BCUT2D eigenvalue weighted by molar-refractivity contribution is -0.383. The maximum atomic E-state index is 13.0.